The summed E-state index contributed by atoms with van der Waals surface area (Å²) in [5, 5.41) is 5.50. The zero-order valence-corrected chi connectivity index (χ0v) is 19.3. The third-order valence-corrected chi connectivity index (χ3v) is 8.26. The van der Waals surface area contributed by atoms with Gasteiger partial charge in [-0.2, -0.15) is 4.31 Å². The Morgan fingerprint density at radius 2 is 1.84 bits per heavy atom. The number of pyridine rings is 1. The summed E-state index contributed by atoms with van der Waals surface area (Å²) in [6.07, 6.45) is 7.55. The van der Waals surface area contributed by atoms with Crippen molar-refractivity contribution in [3.63, 3.8) is 0 Å². The van der Waals surface area contributed by atoms with Crippen LogP contribution in [0.2, 0.25) is 0 Å². The maximum absolute atomic E-state index is 13.3. The number of hydrogen-bond donors (Lipinski definition) is 2. The van der Waals surface area contributed by atoms with Gasteiger partial charge in [-0.3, -0.25) is 4.98 Å². The van der Waals surface area contributed by atoms with Crippen LogP contribution in [0.5, 0.6) is 0 Å². The van der Waals surface area contributed by atoms with E-state index in [9.17, 15) is 13.2 Å². The first-order valence-electron chi connectivity index (χ1n) is 11.1. The summed E-state index contributed by atoms with van der Waals surface area (Å²) >= 11 is 0. The molecule has 1 atom stereocenters. The highest BCUT2D eigenvalue weighted by molar-refractivity contribution is 7.89. The molecule has 2 aliphatic rings. The molecule has 32 heavy (non-hydrogen) atoms. The van der Waals surface area contributed by atoms with Crippen LogP contribution in [0.4, 0.5) is 10.5 Å². The molecule has 4 rings (SSSR count). The van der Waals surface area contributed by atoms with Crippen LogP contribution in [0.15, 0.2) is 53.7 Å². The van der Waals surface area contributed by atoms with E-state index in [0.717, 1.165) is 44.3 Å². The molecule has 1 aromatic heterocycles. The number of aromatic nitrogens is 1. The van der Waals surface area contributed by atoms with Crippen molar-refractivity contribution in [3.05, 3.63) is 54.4 Å². The minimum absolute atomic E-state index is 0.0617. The summed E-state index contributed by atoms with van der Waals surface area (Å²) in [7, 11) is -1.45. The van der Waals surface area contributed by atoms with Gasteiger partial charge in [0.15, 0.2) is 0 Å². The minimum Gasteiger partial charge on any atom is -0.334 e. The maximum Gasteiger partial charge on any atom is 0.319 e. The third kappa shape index (κ3) is 5.28. The second-order valence-electron chi connectivity index (χ2n) is 8.98. The molecule has 2 N–H and O–H groups in total. The number of piperidine rings is 2. The Morgan fingerprint density at radius 1 is 1.09 bits per heavy atom. The van der Waals surface area contributed by atoms with Crippen molar-refractivity contribution in [3.8, 4) is 0 Å². The van der Waals surface area contributed by atoms with E-state index in [1.165, 1.54) is 0 Å². The average molecular weight is 458 g/mol. The highest BCUT2D eigenvalue weighted by atomic mass is 32.2. The number of hydrogen-bond acceptors (Lipinski definition) is 5. The summed E-state index contributed by atoms with van der Waals surface area (Å²) in [5.41, 5.74) is 1.50. The van der Waals surface area contributed by atoms with E-state index in [0.29, 0.717) is 25.3 Å². The molecule has 0 saturated carbocycles. The molecule has 1 aromatic carbocycles. The first-order chi connectivity index (χ1) is 15.4. The molecule has 3 heterocycles. The molecule has 0 radical (unpaired) electrons. The van der Waals surface area contributed by atoms with Gasteiger partial charge in [0, 0.05) is 44.3 Å². The minimum atomic E-state index is -3.57. The summed E-state index contributed by atoms with van der Waals surface area (Å²) in [6, 6.07) is 9.73. The number of nitrogens with one attached hydrogen (secondary N) is 2. The normalized spacial score (nSPS) is 22.5. The van der Waals surface area contributed by atoms with E-state index in [2.05, 4.69) is 27.6 Å². The Labute approximate surface area is 190 Å². The molecule has 1 unspecified atom stereocenters. The number of benzene rings is 1. The van der Waals surface area contributed by atoms with Gasteiger partial charge in [0.2, 0.25) is 10.0 Å². The van der Waals surface area contributed by atoms with Gasteiger partial charge in [-0.1, -0.05) is 6.07 Å². The third-order valence-electron chi connectivity index (χ3n) is 6.40. The first kappa shape index (κ1) is 22.7. The topological polar surface area (TPSA) is 94.6 Å². The number of sulfonamides is 1. The van der Waals surface area contributed by atoms with Crippen molar-refractivity contribution in [1.82, 2.24) is 19.5 Å². The predicted octanol–water partition coefficient (Wildman–Crippen LogP) is 2.90. The number of amides is 2. The van der Waals surface area contributed by atoms with Crippen LogP contribution in [-0.2, 0) is 16.6 Å². The molecule has 2 aromatic rings. The smallest absolute Gasteiger partial charge is 0.319 e. The van der Waals surface area contributed by atoms with Crippen molar-refractivity contribution in [1.29, 1.82) is 0 Å². The molecule has 9 heteroatoms. The molecular formula is C23H31N5O3S. The van der Waals surface area contributed by atoms with Crippen molar-refractivity contribution >= 4 is 21.7 Å². The number of likely N-dealkylation sites (tertiary alicyclic amines) is 1. The number of anilines is 1. The van der Waals surface area contributed by atoms with Crippen LogP contribution in [0.3, 0.4) is 0 Å². The van der Waals surface area contributed by atoms with Gasteiger partial charge in [0.1, 0.15) is 0 Å². The van der Waals surface area contributed by atoms with Gasteiger partial charge >= 0.3 is 6.03 Å². The Bertz CT molecular complexity index is 1030. The molecule has 2 fully saturated rings. The average Bonchev–Trinajstić information content (AvgIpc) is 2.79. The van der Waals surface area contributed by atoms with Crippen LogP contribution in [0, 0.1) is 5.41 Å². The van der Waals surface area contributed by atoms with E-state index in [4.69, 9.17) is 0 Å². The predicted molar refractivity (Wildman–Crippen MR) is 124 cm³/mol. The molecule has 2 aliphatic heterocycles. The largest absolute Gasteiger partial charge is 0.334 e. The van der Waals surface area contributed by atoms with Gasteiger partial charge in [-0.15, -0.1) is 0 Å². The number of nitrogens with zero attached hydrogens (tertiary/aromatic N) is 3. The summed E-state index contributed by atoms with van der Waals surface area (Å²) < 4.78 is 28.2. The van der Waals surface area contributed by atoms with Crippen LogP contribution in [0.1, 0.15) is 31.2 Å². The lowest BCUT2D eigenvalue weighted by atomic mass is 9.74. The second-order valence-corrected chi connectivity index (χ2v) is 10.9. The summed E-state index contributed by atoms with van der Waals surface area (Å²) in [6.45, 7) is 3.54. The Hall–Kier alpha value is -2.49. The van der Waals surface area contributed by atoms with Gasteiger partial charge in [-0.05, 0) is 80.6 Å². The monoisotopic (exact) mass is 457 g/mol. The van der Waals surface area contributed by atoms with Crippen LogP contribution in [-0.4, -0.2) is 61.9 Å². The molecule has 1 spiro atoms. The molecule has 8 nitrogen and oxygen atoms in total. The SMILES string of the molecule is CN1CCCC2(CCCN(S(=O)(=O)c3ccc(NC(=O)NCc4cccnc4)cc3)C2)C1. The van der Waals surface area contributed by atoms with E-state index in [-0.39, 0.29) is 16.3 Å². The standard InChI is InChI=1S/C23H31N5O3S/c1-27-13-3-10-23(17-27)11-4-14-28(18-23)32(30,31)21-8-6-20(7-9-21)26-22(29)25-16-19-5-2-12-24-15-19/h2,5-9,12,15H,3-4,10-11,13-14,16-18H2,1H3,(H2,25,26,29). The highest BCUT2D eigenvalue weighted by Gasteiger charge is 2.41. The molecule has 0 aliphatic carbocycles. The quantitative estimate of drug-likeness (QED) is 0.720. The van der Waals surface area contributed by atoms with Gasteiger partial charge in [0.25, 0.3) is 0 Å². The van der Waals surface area contributed by atoms with Crippen molar-refractivity contribution in [2.75, 3.05) is 38.5 Å². The van der Waals surface area contributed by atoms with E-state index < -0.39 is 10.0 Å². The molecule has 2 saturated heterocycles. The fraction of sp³-hybridized carbons (Fsp3) is 0.478. The Kier molecular flexibility index (Phi) is 6.78. The Balaban J connectivity index is 1.37. The summed E-state index contributed by atoms with van der Waals surface area (Å²) in [4.78, 5) is 18.7. The van der Waals surface area contributed by atoms with Crippen molar-refractivity contribution in [2.24, 2.45) is 5.41 Å². The first-order valence-corrected chi connectivity index (χ1v) is 12.5. The van der Waals surface area contributed by atoms with Crippen molar-refractivity contribution < 1.29 is 13.2 Å². The molecule has 2 amide bonds. The molecular weight excluding hydrogens is 426 g/mol. The number of urea groups is 1. The number of rotatable bonds is 5. The van der Waals surface area contributed by atoms with Gasteiger partial charge in [0.05, 0.1) is 4.90 Å². The van der Waals surface area contributed by atoms with E-state index in [1.54, 1.807) is 41.0 Å². The van der Waals surface area contributed by atoms with Crippen LogP contribution >= 0.6 is 0 Å². The second kappa shape index (κ2) is 9.56. The fourth-order valence-corrected chi connectivity index (χ4v) is 6.47. The Morgan fingerprint density at radius 3 is 2.53 bits per heavy atom. The summed E-state index contributed by atoms with van der Waals surface area (Å²) in [5.74, 6) is 0. The number of carbonyl (C=O) groups is 1. The zero-order valence-electron chi connectivity index (χ0n) is 18.5. The highest BCUT2D eigenvalue weighted by Crippen LogP contribution is 2.39. The molecule has 172 valence electrons. The zero-order chi connectivity index (χ0) is 22.6. The van der Waals surface area contributed by atoms with E-state index in [1.807, 2.05) is 12.1 Å². The van der Waals surface area contributed by atoms with Crippen LogP contribution in [0.25, 0.3) is 0 Å². The van der Waals surface area contributed by atoms with Gasteiger partial charge in [-0.25, -0.2) is 13.2 Å². The van der Waals surface area contributed by atoms with Gasteiger partial charge < -0.3 is 15.5 Å². The lowest BCUT2D eigenvalue weighted by Crippen LogP contribution is -2.52. The fourth-order valence-electron chi connectivity index (χ4n) is 4.88. The lowest BCUT2D eigenvalue weighted by molar-refractivity contribution is 0.0528. The lowest BCUT2D eigenvalue weighted by Gasteiger charge is -2.47. The van der Waals surface area contributed by atoms with Crippen LogP contribution < -0.4 is 10.6 Å². The number of carbonyl (C=O) groups excluding carboxylic acids is 1. The molecule has 0 bridgehead atoms. The van der Waals surface area contributed by atoms with Crippen molar-refractivity contribution in [2.45, 2.75) is 37.1 Å². The maximum atomic E-state index is 13.3. The van der Waals surface area contributed by atoms with E-state index >= 15 is 0 Å².